The van der Waals surface area contributed by atoms with Crippen molar-refractivity contribution in [1.29, 1.82) is 0 Å². The van der Waals surface area contributed by atoms with Gasteiger partial charge >= 0.3 is 5.97 Å². The number of allylic oxidation sites excluding steroid dienone is 4. The van der Waals surface area contributed by atoms with Crippen molar-refractivity contribution in [2.45, 2.75) is 122 Å². The van der Waals surface area contributed by atoms with Crippen molar-refractivity contribution in [2.24, 2.45) is 23.7 Å². The molecule has 10 atom stereocenters. The van der Waals surface area contributed by atoms with E-state index in [2.05, 4.69) is 46.8 Å². The lowest BCUT2D eigenvalue weighted by molar-refractivity contribution is -0.340. The highest BCUT2D eigenvalue weighted by Gasteiger charge is 2.60. The molecule has 1 aliphatic carbocycles. The first-order valence-electron chi connectivity index (χ1n) is 15.2. The fraction of sp³-hybridized carbons (Fsp3) is 0.727. The third kappa shape index (κ3) is 5.65. The Balaban J connectivity index is 1.51. The Labute approximate surface area is 239 Å². The maximum atomic E-state index is 13.9. The van der Waals surface area contributed by atoms with Crippen molar-refractivity contribution in [2.75, 3.05) is 6.61 Å². The van der Waals surface area contributed by atoms with E-state index in [4.69, 9.17) is 18.9 Å². The predicted molar refractivity (Wildman–Crippen MR) is 152 cm³/mol. The van der Waals surface area contributed by atoms with E-state index in [1.165, 1.54) is 5.57 Å². The third-order valence-corrected chi connectivity index (χ3v) is 9.67. The summed E-state index contributed by atoms with van der Waals surface area (Å²) in [4.78, 5) is 13.9. The summed E-state index contributed by atoms with van der Waals surface area (Å²) in [5, 5.41) is 22.9. The SMILES string of the molecule is CC1=C[C@H]2C(=O)O[C@H]3C[C@@H](C/C=C(/C)C[C@@H](C)/C=C\C=C4CO[C@H]([C@@H]1O)[C@@]42O)O[C@@]1(CC[C@H](C)[C@@H](C(C)C)O1)C3. The Morgan fingerprint density at radius 1 is 1.12 bits per heavy atom. The van der Waals surface area contributed by atoms with Crippen LogP contribution in [-0.2, 0) is 23.7 Å². The smallest absolute Gasteiger partial charge is 0.316 e. The van der Waals surface area contributed by atoms with Gasteiger partial charge in [0, 0.05) is 19.3 Å². The molecule has 5 rings (SSSR count). The van der Waals surface area contributed by atoms with Crippen molar-refractivity contribution in [1.82, 2.24) is 0 Å². The van der Waals surface area contributed by atoms with Crippen molar-refractivity contribution < 1.29 is 34.0 Å². The molecule has 0 aromatic heterocycles. The summed E-state index contributed by atoms with van der Waals surface area (Å²) >= 11 is 0. The van der Waals surface area contributed by atoms with Crippen LogP contribution in [0.1, 0.15) is 80.1 Å². The van der Waals surface area contributed by atoms with Gasteiger partial charge in [-0.1, -0.05) is 63.6 Å². The molecule has 0 aromatic carbocycles. The van der Waals surface area contributed by atoms with Gasteiger partial charge in [0.2, 0.25) is 0 Å². The van der Waals surface area contributed by atoms with Crippen LogP contribution in [0.2, 0.25) is 0 Å². The summed E-state index contributed by atoms with van der Waals surface area (Å²) in [5.74, 6) is -1.22. The number of fused-ring (bicyclic) bond motifs is 2. The summed E-state index contributed by atoms with van der Waals surface area (Å²) in [6.07, 6.45) is 11.8. The van der Waals surface area contributed by atoms with Gasteiger partial charge in [0.05, 0.1) is 18.8 Å². The summed E-state index contributed by atoms with van der Waals surface area (Å²) in [6.45, 7) is 12.8. The van der Waals surface area contributed by atoms with E-state index in [0.29, 0.717) is 35.8 Å². The van der Waals surface area contributed by atoms with E-state index in [9.17, 15) is 15.0 Å². The number of carbonyl (C=O) groups is 1. The predicted octanol–water partition coefficient (Wildman–Crippen LogP) is 5.17. The maximum Gasteiger partial charge on any atom is 0.316 e. The molecule has 0 aromatic rings. The molecule has 7 heteroatoms. The standard InChI is InChI=1S/C33H48O7/c1-19(2)29-22(5)12-13-32(40-29)17-26-16-25(39-32)11-10-21(4)14-20(3)8-7-9-24-18-37-30-28(34)23(6)15-27(31(35)38-26)33(24,30)36/h7-10,15,19-20,22,25-30,34,36H,11-14,16-18H2,1-6H3/b8-7-,21-10-,24-9?/t20-,22-,25+,26-,27-,28+,29+,30+,32+,33+/m0/s1. The molecule has 4 aliphatic heterocycles. The molecule has 1 spiro atoms. The van der Waals surface area contributed by atoms with Crippen molar-refractivity contribution in [3.63, 3.8) is 0 Å². The molecular formula is C33H48O7. The van der Waals surface area contributed by atoms with Gasteiger partial charge < -0.3 is 29.2 Å². The van der Waals surface area contributed by atoms with E-state index in [1.54, 1.807) is 13.0 Å². The number of carbonyl (C=O) groups excluding carboxylic acids is 1. The highest BCUT2D eigenvalue weighted by Crippen LogP contribution is 2.47. The molecule has 7 nitrogen and oxygen atoms in total. The monoisotopic (exact) mass is 556 g/mol. The Hall–Kier alpha value is -1.77. The number of rotatable bonds is 1. The molecule has 0 radical (unpaired) electrons. The van der Waals surface area contributed by atoms with Crippen molar-refractivity contribution >= 4 is 5.97 Å². The fourth-order valence-electron chi connectivity index (χ4n) is 7.48. The largest absolute Gasteiger partial charge is 0.462 e. The lowest BCUT2D eigenvalue weighted by Crippen LogP contribution is -2.58. The fourth-order valence-corrected chi connectivity index (χ4v) is 7.48. The zero-order valence-corrected chi connectivity index (χ0v) is 25.0. The van der Waals surface area contributed by atoms with E-state index in [-0.39, 0.29) is 24.7 Å². The van der Waals surface area contributed by atoms with Gasteiger partial charge in [0.1, 0.15) is 29.8 Å². The second kappa shape index (κ2) is 11.5. The summed E-state index contributed by atoms with van der Waals surface area (Å²) in [7, 11) is 0. The number of aliphatic hydroxyl groups excluding tert-OH is 1. The minimum Gasteiger partial charge on any atom is -0.462 e. The molecule has 3 saturated heterocycles. The van der Waals surface area contributed by atoms with Gasteiger partial charge in [-0.3, -0.25) is 4.79 Å². The maximum absolute atomic E-state index is 13.9. The van der Waals surface area contributed by atoms with Crippen molar-refractivity contribution in [3.05, 3.63) is 47.1 Å². The lowest BCUT2D eigenvalue weighted by Gasteiger charge is -2.50. The number of hydrogen-bond acceptors (Lipinski definition) is 7. The zero-order chi connectivity index (χ0) is 28.8. The van der Waals surface area contributed by atoms with Gasteiger partial charge in [-0.05, 0) is 62.0 Å². The average Bonchev–Trinajstić information content (AvgIpc) is 3.23. The molecule has 0 unspecified atom stereocenters. The molecule has 5 aliphatic rings. The number of hydrogen-bond donors (Lipinski definition) is 2. The van der Waals surface area contributed by atoms with E-state index >= 15 is 0 Å². The van der Waals surface area contributed by atoms with Crippen LogP contribution in [0.5, 0.6) is 0 Å². The van der Waals surface area contributed by atoms with Gasteiger partial charge in [-0.25, -0.2) is 0 Å². The number of esters is 1. The van der Waals surface area contributed by atoms with Crippen LogP contribution in [-0.4, -0.2) is 64.7 Å². The molecule has 40 heavy (non-hydrogen) atoms. The van der Waals surface area contributed by atoms with Crippen LogP contribution in [0, 0.1) is 23.7 Å². The van der Waals surface area contributed by atoms with Gasteiger partial charge in [0.25, 0.3) is 0 Å². The molecule has 4 heterocycles. The minimum atomic E-state index is -1.68. The van der Waals surface area contributed by atoms with Crippen LogP contribution in [0.25, 0.3) is 0 Å². The second-order valence-electron chi connectivity index (χ2n) is 13.4. The molecular weight excluding hydrogens is 508 g/mol. The number of aliphatic hydroxyl groups is 2. The molecule has 2 bridgehead atoms. The van der Waals surface area contributed by atoms with Crippen LogP contribution < -0.4 is 0 Å². The van der Waals surface area contributed by atoms with Gasteiger partial charge in [0.15, 0.2) is 5.79 Å². The Morgan fingerprint density at radius 3 is 2.65 bits per heavy atom. The van der Waals surface area contributed by atoms with Crippen molar-refractivity contribution in [3.8, 4) is 0 Å². The topological polar surface area (TPSA) is 94.5 Å². The Morgan fingerprint density at radius 2 is 1.90 bits per heavy atom. The molecule has 0 amide bonds. The van der Waals surface area contributed by atoms with Crippen LogP contribution >= 0.6 is 0 Å². The quantitative estimate of drug-likeness (QED) is 0.340. The van der Waals surface area contributed by atoms with Gasteiger partial charge in [-0.2, -0.15) is 0 Å². The van der Waals surface area contributed by atoms with E-state index in [1.807, 2.05) is 12.2 Å². The van der Waals surface area contributed by atoms with Crippen LogP contribution in [0.15, 0.2) is 47.1 Å². The normalized spacial score (nSPS) is 46.6. The molecule has 3 fully saturated rings. The molecule has 222 valence electrons. The zero-order valence-electron chi connectivity index (χ0n) is 25.0. The summed E-state index contributed by atoms with van der Waals surface area (Å²) in [5.41, 5.74) is 0.780. The second-order valence-corrected chi connectivity index (χ2v) is 13.4. The lowest BCUT2D eigenvalue weighted by atomic mass is 9.71. The molecule has 0 saturated carbocycles. The van der Waals surface area contributed by atoms with Gasteiger partial charge in [-0.15, -0.1) is 0 Å². The average molecular weight is 557 g/mol. The Kier molecular flexibility index (Phi) is 8.53. The first kappa shape index (κ1) is 29.7. The van der Waals surface area contributed by atoms with Crippen LogP contribution in [0.4, 0.5) is 0 Å². The minimum absolute atomic E-state index is 0.0712. The summed E-state index contributed by atoms with van der Waals surface area (Å²) in [6, 6.07) is 0. The third-order valence-electron chi connectivity index (χ3n) is 9.67. The highest BCUT2D eigenvalue weighted by atomic mass is 16.7. The highest BCUT2D eigenvalue weighted by molar-refractivity contribution is 5.78. The van der Waals surface area contributed by atoms with E-state index < -0.39 is 41.6 Å². The van der Waals surface area contributed by atoms with Crippen LogP contribution in [0.3, 0.4) is 0 Å². The first-order valence-corrected chi connectivity index (χ1v) is 15.2. The Bertz CT molecular complexity index is 1090. The summed E-state index contributed by atoms with van der Waals surface area (Å²) < 4.78 is 25.6. The first-order chi connectivity index (χ1) is 18.9. The molecule has 2 N–H and O–H groups in total. The van der Waals surface area contributed by atoms with E-state index in [0.717, 1.165) is 25.7 Å². The number of ether oxygens (including phenoxy) is 4.